The van der Waals surface area contributed by atoms with Crippen LogP contribution in [0.1, 0.15) is 45.3 Å². The van der Waals surface area contributed by atoms with Gasteiger partial charge >= 0.3 is 11.9 Å². The molecule has 0 radical (unpaired) electrons. The molecule has 1 fully saturated rings. The number of ether oxygens (including phenoxy) is 2. The summed E-state index contributed by atoms with van der Waals surface area (Å²) in [5, 5.41) is 11.7. The number of hydrogen-bond donors (Lipinski definition) is 1. The molecule has 11 heteroatoms. The number of pyridine rings is 1. The molecule has 0 saturated carbocycles. The van der Waals surface area contributed by atoms with Crippen LogP contribution in [-0.2, 0) is 14.3 Å². The van der Waals surface area contributed by atoms with Gasteiger partial charge in [-0.15, -0.1) is 0 Å². The number of ketones is 1. The minimum absolute atomic E-state index is 0.123. The Bertz CT molecular complexity index is 1640. The van der Waals surface area contributed by atoms with Crippen LogP contribution in [0.25, 0.3) is 11.4 Å². The largest absolute Gasteiger partial charge is 0.505 e. The first kappa shape index (κ1) is 25.2. The highest BCUT2D eigenvalue weighted by Crippen LogP contribution is 2.44. The quantitative estimate of drug-likeness (QED) is 0.169. The zero-order valence-electron chi connectivity index (χ0n) is 21.1. The first-order chi connectivity index (χ1) is 18.3. The molecule has 1 unspecified atom stereocenters. The van der Waals surface area contributed by atoms with Gasteiger partial charge in [0.05, 0.1) is 36.7 Å². The Kier molecular flexibility index (Phi) is 6.45. The lowest BCUT2D eigenvalue weighted by Gasteiger charge is -2.23. The summed E-state index contributed by atoms with van der Waals surface area (Å²) in [6.07, 6.45) is 1.72. The fourth-order valence-corrected chi connectivity index (χ4v) is 5.54. The van der Waals surface area contributed by atoms with E-state index in [9.17, 15) is 19.5 Å². The monoisotopic (exact) mass is 532 g/mol. The Labute approximate surface area is 221 Å². The fraction of sp³-hybridized carbons (Fsp3) is 0.222. The Balaban J connectivity index is 1.75. The summed E-state index contributed by atoms with van der Waals surface area (Å²) in [6.45, 7) is 5.22. The number of anilines is 1. The molecule has 5 rings (SSSR count). The maximum absolute atomic E-state index is 13.6. The lowest BCUT2D eigenvalue weighted by atomic mass is 9.96. The number of amides is 1. The summed E-state index contributed by atoms with van der Waals surface area (Å²) in [6, 6.07) is 11.2. The molecule has 4 aromatic rings. The van der Waals surface area contributed by atoms with Crippen molar-refractivity contribution in [3.05, 3.63) is 81.8 Å². The van der Waals surface area contributed by atoms with Crippen molar-refractivity contribution >= 4 is 45.5 Å². The molecule has 0 aliphatic carbocycles. The first-order valence-corrected chi connectivity index (χ1v) is 12.6. The Morgan fingerprint density at radius 1 is 1.11 bits per heavy atom. The standard InChI is InChI=1S/C27H24N4O6S/c1-5-37-26(35)24-15(3)29-27(38-24)31-21(16-9-8-10-17(13-16)36-4)19(23(33)25(31)34)22(32)20-14(2)28-18-11-6-7-12-30(18)20/h6-13,21,32H,5H2,1-4H3/b22-19+. The van der Waals surface area contributed by atoms with Crippen molar-refractivity contribution in [2.24, 2.45) is 0 Å². The summed E-state index contributed by atoms with van der Waals surface area (Å²) in [7, 11) is 1.51. The third-order valence-electron chi connectivity index (χ3n) is 6.23. The molecular weight excluding hydrogens is 508 g/mol. The Hall–Kier alpha value is -4.51. The molecule has 1 aliphatic rings. The highest BCUT2D eigenvalue weighted by Gasteiger charge is 2.49. The number of thiazole rings is 1. The average molecular weight is 533 g/mol. The first-order valence-electron chi connectivity index (χ1n) is 11.8. The molecule has 1 saturated heterocycles. The summed E-state index contributed by atoms with van der Waals surface area (Å²) in [4.78, 5) is 49.9. The number of aliphatic hydroxyl groups is 1. The van der Waals surface area contributed by atoms with Gasteiger partial charge in [0.25, 0.3) is 5.78 Å². The minimum Gasteiger partial charge on any atom is -0.505 e. The van der Waals surface area contributed by atoms with Gasteiger partial charge in [-0.1, -0.05) is 29.5 Å². The minimum atomic E-state index is -1.04. The number of hydrogen-bond acceptors (Lipinski definition) is 9. The predicted octanol–water partition coefficient (Wildman–Crippen LogP) is 4.22. The van der Waals surface area contributed by atoms with Gasteiger partial charge < -0.3 is 14.6 Å². The Morgan fingerprint density at radius 2 is 1.89 bits per heavy atom. The van der Waals surface area contributed by atoms with E-state index in [1.807, 2.05) is 6.07 Å². The van der Waals surface area contributed by atoms with Crippen LogP contribution < -0.4 is 9.64 Å². The van der Waals surface area contributed by atoms with Crippen LogP contribution >= 0.6 is 11.3 Å². The molecule has 194 valence electrons. The number of aliphatic hydroxyl groups excluding tert-OH is 1. The SMILES string of the molecule is CCOC(=O)c1sc(N2C(=O)C(=O)/C(=C(/O)c3c(C)nc4ccccn34)C2c2cccc(OC)c2)nc1C. The van der Waals surface area contributed by atoms with Gasteiger partial charge in [0.1, 0.15) is 22.0 Å². The number of aromatic nitrogens is 3. The second kappa shape index (κ2) is 9.75. The van der Waals surface area contributed by atoms with E-state index in [0.717, 1.165) is 11.3 Å². The number of aryl methyl sites for hydroxylation is 2. The number of carbonyl (C=O) groups is 3. The van der Waals surface area contributed by atoms with Crippen LogP contribution in [-0.4, -0.2) is 50.9 Å². The van der Waals surface area contributed by atoms with E-state index < -0.39 is 23.7 Å². The van der Waals surface area contributed by atoms with E-state index in [4.69, 9.17) is 9.47 Å². The van der Waals surface area contributed by atoms with Gasteiger partial charge in [-0.25, -0.2) is 14.8 Å². The molecule has 1 aromatic carbocycles. The van der Waals surface area contributed by atoms with E-state index in [1.165, 1.54) is 12.0 Å². The molecule has 1 N–H and O–H groups in total. The highest BCUT2D eigenvalue weighted by molar-refractivity contribution is 7.17. The van der Waals surface area contributed by atoms with E-state index in [-0.39, 0.29) is 27.9 Å². The number of benzene rings is 1. The summed E-state index contributed by atoms with van der Waals surface area (Å²) in [5.41, 5.74) is 2.12. The van der Waals surface area contributed by atoms with Gasteiger partial charge in [-0.3, -0.25) is 18.9 Å². The Morgan fingerprint density at radius 3 is 2.63 bits per heavy atom. The van der Waals surface area contributed by atoms with E-state index in [2.05, 4.69) is 9.97 Å². The topological polar surface area (TPSA) is 123 Å². The lowest BCUT2D eigenvalue weighted by Crippen LogP contribution is -2.29. The van der Waals surface area contributed by atoms with Crippen molar-refractivity contribution in [1.29, 1.82) is 0 Å². The number of Topliss-reactive ketones (excluding diaryl/α,β-unsaturated/α-hetero) is 1. The number of rotatable bonds is 6. The molecule has 38 heavy (non-hydrogen) atoms. The van der Waals surface area contributed by atoms with E-state index >= 15 is 0 Å². The molecule has 1 amide bonds. The number of methoxy groups -OCH3 is 1. The van der Waals surface area contributed by atoms with Gasteiger partial charge in [-0.2, -0.15) is 0 Å². The van der Waals surface area contributed by atoms with Crippen LogP contribution in [0, 0.1) is 13.8 Å². The highest BCUT2D eigenvalue weighted by atomic mass is 32.1. The number of esters is 1. The van der Waals surface area contributed by atoms with E-state index in [1.54, 1.807) is 67.8 Å². The zero-order valence-corrected chi connectivity index (χ0v) is 21.9. The molecule has 0 bridgehead atoms. The predicted molar refractivity (Wildman–Crippen MR) is 141 cm³/mol. The third kappa shape index (κ3) is 4.01. The summed E-state index contributed by atoms with van der Waals surface area (Å²) in [5.74, 6) is -2.19. The van der Waals surface area contributed by atoms with Crippen molar-refractivity contribution in [3.63, 3.8) is 0 Å². The summed E-state index contributed by atoms with van der Waals surface area (Å²) >= 11 is 0.950. The molecule has 4 heterocycles. The second-order valence-electron chi connectivity index (χ2n) is 8.55. The number of carbonyl (C=O) groups excluding carboxylic acids is 3. The maximum atomic E-state index is 13.6. The van der Waals surface area contributed by atoms with Gasteiger partial charge in [-0.05, 0) is 50.6 Å². The van der Waals surface area contributed by atoms with Crippen molar-refractivity contribution in [1.82, 2.24) is 14.4 Å². The summed E-state index contributed by atoms with van der Waals surface area (Å²) < 4.78 is 12.2. The van der Waals surface area contributed by atoms with Crippen molar-refractivity contribution < 1.29 is 29.0 Å². The van der Waals surface area contributed by atoms with Crippen LogP contribution in [0.15, 0.2) is 54.2 Å². The van der Waals surface area contributed by atoms with Gasteiger partial charge in [0, 0.05) is 6.20 Å². The second-order valence-corrected chi connectivity index (χ2v) is 9.53. The van der Waals surface area contributed by atoms with Crippen molar-refractivity contribution in [3.8, 4) is 5.75 Å². The van der Waals surface area contributed by atoms with Gasteiger partial charge in [0.15, 0.2) is 10.9 Å². The molecular formula is C27H24N4O6S. The van der Waals surface area contributed by atoms with Crippen molar-refractivity contribution in [2.45, 2.75) is 26.8 Å². The zero-order chi connectivity index (χ0) is 27.1. The lowest BCUT2D eigenvalue weighted by molar-refractivity contribution is -0.132. The number of fused-ring (bicyclic) bond motifs is 1. The average Bonchev–Trinajstić information content (AvgIpc) is 3.54. The van der Waals surface area contributed by atoms with Crippen LogP contribution in [0.4, 0.5) is 5.13 Å². The number of imidazole rings is 1. The fourth-order valence-electron chi connectivity index (χ4n) is 4.55. The van der Waals surface area contributed by atoms with Crippen LogP contribution in [0.3, 0.4) is 0 Å². The molecule has 3 aromatic heterocycles. The maximum Gasteiger partial charge on any atom is 0.350 e. The van der Waals surface area contributed by atoms with Crippen molar-refractivity contribution in [2.75, 3.05) is 18.6 Å². The molecule has 1 atom stereocenters. The third-order valence-corrected chi connectivity index (χ3v) is 7.37. The normalized spacial score (nSPS) is 16.8. The van der Waals surface area contributed by atoms with E-state index in [0.29, 0.717) is 34.0 Å². The molecule has 10 nitrogen and oxygen atoms in total. The van der Waals surface area contributed by atoms with Gasteiger partial charge in [0.2, 0.25) is 0 Å². The number of nitrogens with zero attached hydrogens (tertiary/aromatic N) is 4. The van der Waals surface area contributed by atoms with Crippen LogP contribution in [0.2, 0.25) is 0 Å². The van der Waals surface area contributed by atoms with Crippen LogP contribution in [0.5, 0.6) is 5.75 Å². The smallest absolute Gasteiger partial charge is 0.350 e. The molecule has 0 spiro atoms. The molecule has 1 aliphatic heterocycles.